The Balaban J connectivity index is 2.31. The van der Waals surface area contributed by atoms with E-state index in [1.165, 1.54) is 6.07 Å². The normalized spacial score (nSPS) is 22.1. The molecule has 0 aliphatic heterocycles. The summed E-state index contributed by atoms with van der Waals surface area (Å²) < 4.78 is 27.0. The third kappa shape index (κ3) is 2.91. The van der Waals surface area contributed by atoms with E-state index in [2.05, 4.69) is 16.6 Å². The van der Waals surface area contributed by atoms with Gasteiger partial charge in [-0.1, -0.05) is 30.9 Å². The third-order valence-electron chi connectivity index (χ3n) is 2.89. The average molecular weight is 265 g/mol. The molecule has 1 aliphatic rings. The molecule has 1 aromatic rings. The van der Waals surface area contributed by atoms with E-state index >= 15 is 0 Å². The van der Waals surface area contributed by atoms with Crippen LogP contribution in [0.15, 0.2) is 29.2 Å². The van der Waals surface area contributed by atoms with Crippen LogP contribution in [0.25, 0.3) is 0 Å². The first-order valence-electron chi connectivity index (χ1n) is 5.75. The predicted octanol–water partition coefficient (Wildman–Crippen LogP) is 0.717. The zero-order valence-electron chi connectivity index (χ0n) is 10.1. The minimum absolute atomic E-state index is 0.0360. The largest absolute Gasteiger partial charge is 0.384 e. The molecule has 0 amide bonds. The van der Waals surface area contributed by atoms with Crippen molar-refractivity contribution in [2.45, 2.75) is 24.3 Å². The standard InChI is InChI=1S/C13H15NO3S/c1-10-9-12(10)14-18(16,17)13-7-3-2-5-11(13)6-4-8-15/h2-3,5,7,10,12,14-15H,8-9H2,1H3. The van der Waals surface area contributed by atoms with Gasteiger partial charge in [0.05, 0.1) is 4.90 Å². The Hall–Kier alpha value is -1.35. The van der Waals surface area contributed by atoms with Crippen molar-refractivity contribution in [2.24, 2.45) is 5.92 Å². The van der Waals surface area contributed by atoms with E-state index in [1.54, 1.807) is 18.2 Å². The van der Waals surface area contributed by atoms with Crippen molar-refractivity contribution in [1.29, 1.82) is 0 Å². The monoisotopic (exact) mass is 265 g/mol. The molecule has 0 saturated heterocycles. The van der Waals surface area contributed by atoms with Gasteiger partial charge in [-0.2, -0.15) is 0 Å². The molecule has 1 saturated carbocycles. The molecule has 2 N–H and O–H groups in total. The molecule has 5 heteroatoms. The van der Waals surface area contributed by atoms with E-state index in [0.29, 0.717) is 11.5 Å². The summed E-state index contributed by atoms with van der Waals surface area (Å²) in [6.07, 6.45) is 0.879. The van der Waals surface area contributed by atoms with Crippen molar-refractivity contribution in [3.63, 3.8) is 0 Å². The number of rotatable bonds is 3. The van der Waals surface area contributed by atoms with Gasteiger partial charge < -0.3 is 5.11 Å². The molecule has 1 aromatic carbocycles. The molecule has 18 heavy (non-hydrogen) atoms. The summed E-state index contributed by atoms with van der Waals surface area (Å²) in [4.78, 5) is 0.171. The molecule has 2 unspecified atom stereocenters. The predicted molar refractivity (Wildman–Crippen MR) is 68.3 cm³/mol. The Morgan fingerprint density at radius 2 is 2.11 bits per heavy atom. The minimum atomic E-state index is -3.53. The number of sulfonamides is 1. The van der Waals surface area contributed by atoms with Crippen LogP contribution >= 0.6 is 0 Å². The van der Waals surface area contributed by atoms with Gasteiger partial charge in [-0.25, -0.2) is 13.1 Å². The average Bonchev–Trinajstić information content (AvgIpc) is 3.01. The second-order valence-electron chi connectivity index (χ2n) is 4.40. The molecule has 4 nitrogen and oxygen atoms in total. The fourth-order valence-electron chi connectivity index (χ4n) is 1.69. The van der Waals surface area contributed by atoms with Gasteiger partial charge in [0, 0.05) is 11.6 Å². The van der Waals surface area contributed by atoms with Crippen LogP contribution in [0.2, 0.25) is 0 Å². The van der Waals surface area contributed by atoms with Crippen LogP contribution in [-0.2, 0) is 10.0 Å². The highest BCUT2D eigenvalue weighted by atomic mass is 32.2. The maximum absolute atomic E-state index is 12.2. The van der Waals surface area contributed by atoms with E-state index in [9.17, 15) is 8.42 Å². The van der Waals surface area contributed by atoms with Crippen molar-refractivity contribution in [3.05, 3.63) is 29.8 Å². The SMILES string of the molecule is CC1CC1NS(=O)(=O)c1ccccc1C#CCO. The summed E-state index contributed by atoms with van der Waals surface area (Å²) in [5.41, 5.74) is 0.410. The highest BCUT2D eigenvalue weighted by Gasteiger charge is 2.36. The van der Waals surface area contributed by atoms with E-state index in [-0.39, 0.29) is 17.5 Å². The third-order valence-corrected chi connectivity index (χ3v) is 4.44. The Bertz CT molecular complexity index is 598. The van der Waals surface area contributed by atoms with E-state index in [1.807, 2.05) is 6.92 Å². The van der Waals surface area contributed by atoms with Gasteiger partial charge in [0.2, 0.25) is 10.0 Å². The van der Waals surface area contributed by atoms with Crippen LogP contribution < -0.4 is 4.72 Å². The van der Waals surface area contributed by atoms with Gasteiger partial charge in [-0.15, -0.1) is 0 Å². The lowest BCUT2D eigenvalue weighted by Gasteiger charge is -2.07. The Morgan fingerprint density at radius 1 is 1.44 bits per heavy atom. The van der Waals surface area contributed by atoms with Gasteiger partial charge in [-0.3, -0.25) is 0 Å². The van der Waals surface area contributed by atoms with Crippen LogP contribution in [0.4, 0.5) is 0 Å². The van der Waals surface area contributed by atoms with Crippen molar-refractivity contribution >= 4 is 10.0 Å². The smallest absolute Gasteiger partial charge is 0.242 e. The van der Waals surface area contributed by atoms with Crippen LogP contribution in [-0.4, -0.2) is 26.2 Å². The highest BCUT2D eigenvalue weighted by Crippen LogP contribution is 2.31. The van der Waals surface area contributed by atoms with E-state index < -0.39 is 10.0 Å². The van der Waals surface area contributed by atoms with Gasteiger partial charge in [0.25, 0.3) is 0 Å². The highest BCUT2D eigenvalue weighted by molar-refractivity contribution is 7.89. The number of nitrogens with one attached hydrogen (secondary N) is 1. The second kappa shape index (κ2) is 5.11. The van der Waals surface area contributed by atoms with Crippen LogP contribution in [0.1, 0.15) is 18.9 Å². The topological polar surface area (TPSA) is 66.4 Å². The molecule has 0 bridgehead atoms. The maximum Gasteiger partial charge on any atom is 0.242 e. The molecule has 1 fully saturated rings. The van der Waals surface area contributed by atoms with Crippen molar-refractivity contribution in [1.82, 2.24) is 4.72 Å². The molecule has 1 aliphatic carbocycles. The number of benzene rings is 1. The first kappa shape index (κ1) is 13.1. The van der Waals surface area contributed by atoms with E-state index in [4.69, 9.17) is 5.11 Å². The lowest BCUT2D eigenvalue weighted by Crippen LogP contribution is -2.27. The summed E-state index contributed by atoms with van der Waals surface area (Å²) in [7, 11) is -3.53. The molecule has 2 atom stereocenters. The molecule has 96 valence electrons. The van der Waals surface area contributed by atoms with Crippen molar-refractivity contribution in [2.75, 3.05) is 6.61 Å². The lowest BCUT2D eigenvalue weighted by molar-refractivity contribution is 0.350. The van der Waals surface area contributed by atoms with Gasteiger partial charge in [0.1, 0.15) is 6.61 Å². The Morgan fingerprint density at radius 3 is 2.72 bits per heavy atom. The molecular weight excluding hydrogens is 250 g/mol. The maximum atomic E-state index is 12.2. The molecule has 0 heterocycles. The first-order chi connectivity index (χ1) is 8.54. The number of hydrogen-bond donors (Lipinski definition) is 2. The molecule has 2 rings (SSSR count). The summed E-state index contributed by atoms with van der Waals surface area (Å²) >= 11 is 0. The fourth-order valence-corrected chi connectivity index (χ4v) is 3.21. The molecule has 0 radical (unpaired) electrons. The Labute approximate surface area is 107 Å². The lowest BCUT2D eigenvalue weighted by atomic mass is 10.2. The van der Waals surface area contributed by atoms with Crippen LogP contribution in [0.3, 0.4) is 0 Å². The molecule has 0 spiro atoms. The fraction of sp³-hybridized carbons (Fsp3) is 0.385. The van der Waals surface area contributed by atoms with Crippen molar-refractivity contribution < 1.29 is 13.5 Å². The quantitative estimate of drug-likeness (QED) is 0.791. The van der Waals surface area contributed by atoms with Gasteiger partial charge in [-0.05, 0) is 24.5 Å². The summed E-state index contributed by atoms with van der Waals surface area (Å²) in [5.74, 6) is 5.52. The zero-order chi connectivity index (χ0) is 13.2. The van der Waals surface area contributed by atoms with Crippen molar-refractivity contribution in [3.8, 4) is 11.8 Å². The number of aliphatic hydroxyl groups excluding tert-OH is 1. The number of hydrogen-bond acceptors (Lipinski definition) is 3. The van der Waals surface area contributed by atoms with Crippen LogP contribution in [0.5, 0.6) is 0 Å². The zero-order valence-corrected chi connectivity index (χ0v) is 10.9. The second-order valence-corrected chi connectivity index (χ2v) is 6.08. The molecule has 0 aromatic heterocycles. The summed E-state index contributed by atoms with van der Waals surface area (Å²) in [5, 5.41) is 8.67. The Kier molecular flexibility index (Phi) is 3.71. The van der Waals surface area contributed by atoms with Crippen LogP contribution in [0, 0.1) is 17.8 Å². The van der Waals surface area contributed by atoms with E-state index in [0.717, 1.165) is 6.42 Å². The molecular formula is C13H15NO3S. The van der Waals surface area contributed by atoms with Gasteiger partial charge in [0.15, 0.2) is 0 Å². The number of aliphatic hydroxyl groups is 1. The minimum Gasteiger partial charge on any atom is -0.384 e. The summed E-state index contributed by atoms with van der Waals surface area (Å²) in [6.45, 7) is 1.71. The van der Waals surface area contributed by atoms with Gasteiger partial charge >= 0.3 is 0 Å². The first-order valence-corrected chi connectivity index (χ1v) is 7.24. The summed E-state index contributed by atoms with van der Waals surface area (Å²) in [6, 6.07) is 6.58.